The van der Waals surface area contributed by atoms with Gasteiger partial charge in [-0.15, -0.1) is 0 Å². The van der Waals surface area contributed by atoms with Gasteiger partial charge in [0, 0.05) is 5.56 Å². The van der Waals surface area contributed by atoms with Crippen LogP contribution in [-0.4, -0.2) is 24.0 Å². The van der Waals surface area contributed by atoms with Crippen molar-refractivity contribution in [2.75, 3.05) is 0 Å². The average molecular weight is 369 g/mol. The van der Waals surface area contributed by atoms with E-state index in [2.05, 4.69) is 13.8 Å². The summed E-state index contributed by atoms with van der Waals surface area (Å²) < 4.78 is 32.7. The van der Waals surface area contributed by atoms with E-state index in [1.54, 1.807) is 12.1 Å². The number of benzene rings is 1. The standard InChI is InChI=1S/C20H32O4S/c1-3-5-7-9-11-17-13-15-18(16-14-17)20(21)19(25(22,23)24)12-10-8-6-4-2/h13-16,19H,3-12H2,1-2H3,(H,22,23,24). The van der Waals surface area contributed by atoms with Crippen molar-refractivity contribution in [1.82, 2.24) is 0 Å². The maximum absolute atomic E-state index is 12.5. The van der Waals surface area contributed by atoms with Gasteiger partial charge in [-0.05, 0) is 24.8 Å². The van der Waals surface area contributed by atoms with Crippen LogP contribution in [0.15, 0.2) is 24.3 Å². The number of ketones is 1. The van der Waals surface area contributed by atoms with Crippen molar-refractivity contribution in [3.05, 3.63) is 35.4 Å². The van der Waals surface area contributed by atoms with Crippen molar-refractivity contribution < 1.29 is 17.8 Å². The van der Waals surface area contributed by atoms with E-state index >= 15 is 0 Å². The smallest absolute Gasteiger partial charge is 0.275 e. The van der Waals surface area contributed by atoms with Crippen LogP contribution in [0.5, 0.6) is 0 Å². The van der Waals surface area contributed by atoms with Crippen molar-refractivity contribution in [1.29, 1.82) is 0 Å². The zero-order chi connectivity index (χ0) is 18.7. The van der Waals surface area contributed by atoms with E-state index in [1.807, 2.05) is 12.1 Å². The zero-order valence-electron chi connectivity index (χ0n) is 15.5. The Balaban J connectivity index is 2.70. The van der Waals surface area contributed by atoms with E-state index in [-0.39, 0.29) is 6.42 Å². The van der Waals surface area contributed by atoms with Gasteiger partial charge in [0.15, 0.2) is 5.78 Å². The van der Waals surface area contributed by atoms with Crippen LogP contribution in [0.4, 0.5) is 0 Å². The first-order valence-corrected chi connectivity index (χ1v) is 11.0. The Morgan fingerprint density at radius 3 is 2.00 bits per heavy atom. The number of hydrogen-bond acceptors (Lipinski definition) is 3. The zero-order valence-corrected chi connectivity index (χ0v) is 16.4. The quantitative estimate of drug-likeness (QED) is 0.294. The molecule has 0 radical (unpaired) electrons. The number of hydrogen-bond donors (Lipinski definition) is 1. The van der Waals surface area contributed by atoms with E-state index in [1.165, 1.54) is 19.3 Å². The molecule has 0 aromatic heterocycles. The molecule has 0 aliphatic heterocycles. The fraction of sp³-hybridized carbons (Fsp3) is 0.650. The topological polar surface area (TPSA) is 71.4 Å². The minimum Gasteiger partial charge on any atom is -0.293 e. The fourth-order valence-electron chi connectivity index (χ4n) is 2.95. The maximum Gasteiger partial charge on any atom is 0.275 e. The molecule has 1 rings (SSSR count). The van der Waals surface area contributed by atoms with Crippen LogP contribution in [0.2, 0.25) is 0 Å². The highest BCUT2D eigenvalue weighted by Crippen LogP contribution is 2.18. The van der Waals surface area contributed by atoms with E-state index in [0.29, 0.717) is 12.0 Å². The van der Waals surface area contributed by atoms with Crippen molar-refractivity contribution in [2.24, 2.45) is 0 Å². The molecule has 0 fully saturated rings. The van der Waals surface area contributed by atoms with E-state index in [9.17, 15) is 17.8 Å². The largest absolute Gasteiger partial charge is 0.293 e. The third-order valence-corrected chi connectivity index (χ3v) is 5.70. The normalized spacial score (nSPS) is 12.9. The van der Waals surface area contributed by atoms with Gasteiger partial charge in [0.1, 0.15) is 5.25 Å². The van der Waals surface area contributed by atoms with E-state index < -0.39 is 21.2 Å². The molecule has 1 aromatic rings. The molecule has 0 saturated heterocycles. The van der Waals surface area contributed by atoms with Gasteiger partial charge >= 0.3 is 0 Å². The van der Waals surface area contributed by atoms with Gasteiger partial charge in [-0.1, -0.05) is 83.1 Å². The number of carbonyl (C=O) groups is 1. The Labute approximate surface area is 152 Å². The Kier molecular flexibility index (Phi) is 9.98. The molecule has 0 bridgehead atoms. The molecule has 0 aliphatic rings. The molecule has 4 nitrogen and oxygen atoms in total. The maximum atomic E-state index is 12.5. The van der Waals surface area contributed by atoms with Gasteiger partial charge in [0.2, 0.25) is 0 Å². The minimum atomic E-state index is -4.38. The highest BCUT2D eigenvalue weighted by atomic mass is 32.2. The first-order chi connectivity index (χ1) is 11.9. The molecule has 1 unspecified atom stereocenters. The molecule has 0 amide bonds. The molecule has 0 aliphatic carbocycles. The number of Topliss-reactive ketones (excluding diaryl/α,β-unsaturated/α-hetero) is 1. The lowest BCUT2D eigenvalue weighted by molar-refractivity contribution is 0.0980. The van der Waals surface area contributed by atoms with Crippen LogP contribution in [0.3, 0.4) is 0 Å². The Morgan fingerprint density at radius 2 is 1.48 bits per heavy atom. The van der Waals surface area contributed by atoms with Gasteiger partial charge in [-0.2, -0.15) is 8.42 Å². The van der Waals surface area contributed by atoms with Crippen LogP contribution in [0.25, 0.3) is 0 Å². The first-order valence-electron chi connectivity index (χ1n) is 9.49. The highest BCUT2D eigenvalue weighted by molar-refractivity contribution is 7.87. The second kappa shape index (κ2) is 11.4. The Morgan fingerprint density at radius 1 is 0.920 bits per heavy atom. The third-order valence-electron chi connectivity index (χ3n) is 4.53. The summed E-state index contributed by atoms with van der Waals surface area (Å²) in [5.74, 6) is -0.503. The monoisotopic (exact) mass is 368 g/mol. The van der Waals surface area contributed by atoms with Crippen LogP contribution in [0, 0.1) is 0 Å². The predicted octanol–water partition coefficient (Wildman–Crippen LogP) is 5.22. The average Bonchev–Trinajstić information content (AvgIpc) is 2.57. The Bertz CT molecular complexity index is 605. The van der Waals surface area contributed by atoms with Gasteiger partial charge in [0.25, 0.3) is 10.1 Å². The van der Waals surface area contributed by atoms with Gasteiger partial charge in [-0.25, -0.2) is 0 Å². The summed E-state index contributed by atoms with van der Waals surface area (Å²) in [5.41, 5.74) is 1.51. The summed E-state index contributed by atoms with van der Waals surface area (Å²) in [4.78, 5) is 12.5. The number of carbonyl (C=O) groups excluding carboxylic acids is 1. The lowest BCUT2D eigenvalue weighted by atomic mass is 10.00. The molecule has 1 aromatic carbocycles. The van der Waals surface area contributed by atoms with E-state index in [0.717, 1.165) is 37.7 Å². The lowest BCUT2D eigenvalue weighted by Crippen LogP contribution is -2.30. The second-order valence-corrected chi connectivity index (χ2v) is 8.32. The van der Waals surface area contributed by atoms with E-state index in [4.69, 9.17) is 0 Å². The third kappa shape index (κ3) is 8.15. The van der Waals surface area contributed by atoms with Crippen molar-refractivity contribution in [2.45, 2.75) is 83.3 Å². The van der Waals surface area contributed by atoms with Crippen LogP contribution in [0.1, 0.15) is 87.6 Å². The molecule has 0 saturated carbocycles. The highest BCUT2D eigenvalue weighted by Gasteiger charge is 2.31. The summed E-state index contributed by atoms with van der Waals surface area (Å²) in [6.45, 7) is 4.24. The van der Waals surface area contributed by atoms with Crippen molar-refractivity contribution in [3.63, 3.8) is 0 Å². The fourth-order valence-corrected chi connectivity index (χ4v) is 3.82. The molecule has 0 heterocycles. The molecule has 1 N–H and O–H groups in total. The first kappa shape index (κ1) is 21.8. The number of rotatable bonds is 13. The molecule has 0 spiro atoms. The number of aryl methyl sites for hydroxylation is 1. The summed E-state index contributed by atoms with van der Waals surface area (Å²) in [6, 6.07) is 7.14. The lowest BCUT2D eigenvalue weighted by Gasteiger charge is -2.13. The van der Waals surface area contributed by atoms with Crippen molar-refractivity contribution >= 4 is 15.9 Å². The SMILES string of the molecule is CCCCCCc1ccc(C(=O)C(CCCCCC)S(=O)(=O)O)cc1. The minimum absolute atomic E-state index is 0.177. The van der Waals surface area contributed by atoms with Gasteiger partial charge < -0.3 is 0 Å². The summed E-state index contributed by atoms with van der Waals surface area (Å²) >= 11 is 0. The van der Waals surface area contributed by atoms with Gasteiger partial charge in [0.05, 0.1) is 0 Å². The molecule has 25 heavy (non-hydrogen) atoms. The predicted molar refractivity (Wildman–Crippen MR) is 103 cm³/mol. The van der Waals surface area contributed by atoms with Crippen LogP contribution < -0.4 is 0 Å². The van der Waals surface area contributed by atoms with Crippen LogP contribution >= 0.6 is 0 Å². The summed E-state index contributed by atoms with van der Waals surface area (Å²) in [5, 5.41) is -1.35. The van der Waals surface area contributed by atoms with Crippen LogP contribution in [-0.2, 0) is 16.5 Å². The van der Waals surface area contributed by atoms with Crippen molar-refractivity contribution in [3.8, 4) is 0 Å². The molecular weight excluding hydrogens is 336 g/mol. The molecular formula is C20H32O4S. The Hall–Kier alpha value is -1.20. The summed E-state index contributed by atoms with van der Waals surface area (Å²) in [7, 11) is -4.38. The van der Waals surface area contributed by atoms with Gasteiger partial charge in [-0.3, -0.25) is 9.35 Å². The molecule has 142 valence electrons. The second-order valence-electron chi connectivity index (χ2n) is 6.72. The molecule has 5 heteroatoms. The molecule has 1 atom stereocenters. The summed E-state index contributed by atoms with van der Waals surface area (Å²) in [6.07, 6.45) is 9.40. The number of unbranched alkanes of at least 4 members (excludes halogenated alkanes) is 6.